The Morgan fingerprint density at radius 1 is 1.15 bits per heavy atom. The second-order valence-corrected chi connectivity index (χ2v) is 7.84. The highest BCUT2D eigenvalue weighted by molar-refractivity contribution is 9.10. The molecule has 26 heavy (non-hydrogen) atoms. The second-order valence-electron chi connectivity index (χ2n) is 6.55. The number of aromatic amines is 1. The van der Waals surface area contributed by atoms with Crippen molar-refractivity contribution in [2.24, 2.45) is 0 Å². The summed E-state index contributed by atoms with van der Waals surface area (Å²) in [4.78, 5) is 18.0. The van der Waals surface area contributed by atoms with E-state index in [-0.39, 0.29) is 5.91 Å². The summed E-state index contributed by atoms with van der Waals surface area (Å²) in [5, 5.41) is 4.22. The van der Waals surface area contributed by atoms with Crippen LogP contribution in [0.3, 0.4) is 0 Å². The molecule has 1 saturated heterocycles. The number of halogens is 2. The molecule has 1 aromatic heterocycles. The van der Waals surface area contributed by atoms with E-state index in [4.69, 9.17) is 11.6 Å². The Morgan fingerprint density at radius 3 is 2.62 bits per heavy atom. The number of rotatable bonds is 4. The van der Waals surface area contributed by atoms with Gasteiger partial charge in [-0.05, 0) is 48.7 Å². The number of hydrogen-bond acceptors (Lipinski definition) is 2. The smallest absolute Gasteiger partial charge is 0.269 e. The molecule has 0 bridgehead atoms. The summed E-state index contributed by atoms with van der Waals surface area (Å²) in [7, 11) is 0. The minimum absolute atomic E-state index is 0.203. The highest BCUT2D eigenvalue weighted by Gasteiger charge is 2.16. The minimum atomic E-state index is -0.203. The molecule has 6 heteroatoms. The van der Waals surface area contributed by atoms with Crippen molar-refractivity contribution in [2.75, 3.05) is 18.0 Å². The first-order valence-electron chi connectivity index (χ1n) is 8.70. The van der Waals surface area contributed by atoms with E-state index in [1.165, 1.54) is 18.5 Å². The summed E-state index contributed by atoms with van der Waals surface area (Å²) in [5.41, 5.74) is 3.56. The first-order chi connectivity index (χ1) is 12.6. The van der Waals surface area contributed by atoms with Gasteiger partial charge in [0, 0.05) is 40.7 Å². The van der Waals surface area contributed by atoms with Crippen molar-refractivity contribution in [3.8, 4) is 0 Å². The number of aromatic nitrogens is 1. The molecule has 4 rings (SSSR count). The summed E-state index contributed by atoms with van der Waals surface area (Å²) in [6.45, 7) is 2.73. The summed E-state index contributed by atoms with van der Waals surface area (Å²) in [5.74, 6) is -0.203. The Labute approximate surface area is 165 Å². The Morgan fingerprint density at radius 2 is 1.88 bits per heavy atom. The van der Waals surface area contributed by atoms with Crippen molar-refractivity contribution in [1.29, 1.82) is 0 Å². The predicted octanol–water partition coefficient (Wildman–Crippen LogP) is 5.11. The fourth-order valence-electron chi connectivity index (χ4n) is 3.36. The van der Waals surface area contributed by atoms with Gasteiger partial charge >= 0.3 is 0 Å². The molecule has 0 aliphatic carbocycles. The number of hydrogen-bond donors (Lipinski definition) is 2. The summed E-state index contributed by atoms with van der Waals surface area (Å²) in [6.07, 6.45) is 2.53. The van der Waals surface area contributed by atoms with E-state index < -0.39 is 0 Å². The number of nitrogens with zero attached hydrogens (tertiary/aromatic N) is 1. The lowest BCUT2D eigenvalue weighted by Crippen LogP contribution is -2.23. The number of H-pyrrole nitrogens is 1. The van der Waals surface area contributed by atoms with Crippen LogP contribution < -0.4 is 10.2 Å². The monoisotopic (exact) mass is 431 g/mol. The van der Waals surface area contributed by atoms with Gasteiger partial charge in [-0.2, -0.15) is 0 Å². The number of nitrogens with one attached hydrogen (secondary N) is 2. The lowest BCUT2D eigenvalue weighted by Gasteiger charge is -2.17. The van der Waals surface area contributed by atoms with E-state index in [0.717, 1.165) is 34.0 Å². The molecule has 134 valence electrons. The van der Waals surface area contributed by atoms with E-state index in [9.17, 15) is 4.79 Å². The topological polar surface area (TPSA) is 48.1 Å². The quantitative estimate of drug-likeness (QED) is 0.601. The van der Waals surface area contributed by atoms with Crippen LogP contribution in [-0.2, 0) is 6.54 Å². The molecule has 2 N–H and O–H groups in total. The van der Waals surface area contributed by atoms with Crippen LogP contribution in [0.25, 0.3) is 10.9 Å². The molecular weight excluding hydrogens is 414 g/mol. The molecule has 2 heterocycles. The molecule has 1 aliphatic rings. The third-order valence-electron chi connectivity index (χ3n) is 4.78. The van der Waals surface area contributed by atoms with Crippen LogP contribution in [0.1, 0.15) is 28.9 Å². The SMILES string of the molecule is O=C(NCc1ccc(N2CCCC2)cc1)c1[nH]c2ccc(Br)cc2c1Cl. The first-order valence-corrected chi connectivity index (χ1v) is 9.88. The van der Waals surface area contributed by atoms with E-state index in [0.29, 0.717) is 17.3 Å². The number of fused-ring (bicyclic) bond motifs is 1. The standard InChI is InChI=1S/C20H19BrClN3O/c21-14-5-8-17-16(11-14)18(22)19(24-17)20(26)23-12-13-3-6-15(7-4-13)25-9-1-2-10-25/h3-8,11,24H,1-2,9-10,12H2,(H,23,26). The summed E-state index contributed by atoms with van der Waals surface area (Å²) < 4.78 is 0.927. The van der Waals surface area contributed by atoms with Gasteiger partial charge in [-0.1, -0.05) is 39.7 Å². The maximum absolute atomic E-state index is 12.5. The highest BCUT2D eigenvalue weighted by atomic mass is 79.9. The second kappa shape index (κ2) is 7.33. The van der Waals surface area contributed by atoms with E-state index >= 15 is 0 Å². The van der Waals surface area contributed by atoms with Gasteiger partial charge in [-0.15, -0.1) is 0 Å². The third-order valence-corrected chi connectivity index (χ3v) is 5.67. The summed E-state index contributed by atoms with van der Waals surface area (Å²) >= 11 is 9.81. The zero-order valence-corrected chi connectivity index (χ0v) is 16.5. The molecular formula is C20H19BrClN3O. The molecule has 1 aliphatic heterocycles. The van der Waals surface area contributed by atoms with E-state index in [1.54, 1.807) is 0 Å². The largest absolute Gasteiger partial charge is 0.372 e. The van der Waals surface area contributed by atoms with Crippen molar-refractivity contribution in [2.45, 2.75) is 19.4 Å². The molecule has 0 atom stereocenters. The molecule has 4 nitrogen and oxygen atoms in total. The van der Waals surface area contributed by atoms with Crippen LogP contribution in [0.2, 0.25) is 5.02 Å². The number of carbonyl (C=O) groups is 1. The lowest BCUT2D eigenvalue weighted by atomic mass is 10.2. The number of benzene rings is 2. The number of anilines is 1. The van der Waals surface area contributed by atoms with E-state index in [1.807, 2.05) is 18.2 Å². The Bertz CT molecular complexity index is 946. The predicted molar refractivity (Wildman–Crippen MR) is 110 cm³/mol. The van der Waals surface area contributed by atoms with Crippen molar-refractivity contribution < 1.29 is 4.79 Å². The molecule has 1 fully saturated rings. The number of amides is 1. The van der Waals surface area contributed by atoms with Crippen molar-refractivity contribution in [3.63, 3.8) is 0 Å². The van der Waals surface area contributed by atoms with Crippen molar-refractivity contribution in [1.82, 2.24) is 10.3 Å². The maximum Gasteiger partial charge on any atom is 0.269 e. The van der Waals surface area contributed by atoms with Gasteiger partial charge in [0.25, 0.3) is 5.91 Å². The van der Waals surface area contributed by atoms with Crippen LogP contribution in [0.4, 0.5) is 5.69 Å². The minimum Gasteiger partial charge on any atom is -0.372 e. The number of carbonyl (C=O) groups excluding carboxylic acids is 1. The van der Waals surface area contributed by atoms with Gasteiger partial charge in [0.15, 0.2) is 0 Å². The van der Waals surface area contributed by atoms with Crippen LogP contribution >= 0.6 is 27.5 Å². The Kier molecular flexibility index (Phi) is 4.92. The zero-order valence-electron chi connectivity index (χ0n) is 14.2. The Hall–Kier alpha value is -1.98. The van der Waals surface area contributed by atoms with Crippen molar-refractivity contribution in [3.05, 3.63) is 63.2 Å². The Balaban J connectivity index is 1.44. The van der Waals surface area contributed by atoms with Crippen molar-refractivity contribution >= 4 is 50.0 Å². The van der Waals surface area contributed by atoms with Gasteiger partial charge in [0.1, 0.15) is 5.69 Å². The highest BCUT2D eigenvalue weighted by Crippen LogP contribution is 2.29. The average Bonchev–Trinajstić information content (AvgIpc) is 3.29. The maximum atomic E-state index is 12.5. The van der Waals surface area contributed by atoms with Gasteiger partial charge < -0.3 is 15.2 Å². The molecule has 0 unspecified atom stereocenters. The zero-order chi connectivity index (χ0) is 18.1. The van der Waals surface area contributed by atoms with Gasteiger partial charge in [-0.25, -0.2) is 0 Å². The summed E-state index contributed by atoms with van der Waals surface area (Å²) in [6, 6.07) is 14.1. The van der Waals surface area contributed by atoms with Gasteiger partial charge in [0.2, 0.25) is 0 Å². The van der Waals surface area contributed by atoms with E-state index in [2.05, 4.69) is 55.4 Å². The molecule has 0 radical (unpaired) electrons. The fourth-order valence-corrected chi connectivity index (χ4v) is 4.01. The molecule has 2 aromatic carbocycles. The van der Waals surface area contributed by atoms with Gasteiger partial charge in [-0.3, -0.25) is 4.79 Å². The average molecular weight is 433 g/mol. The normalized spacial score (nSPS) is 14.2. The molecule has 3 aromatic rings. The van der Waals surface area contributed by atoms with Crippen LogP contribution in [-0.4, -0.2) is 24.0 Å². The third kappa shape index (κ3) is 3.46. The lowest BCUT2D eigenvalue weighted by molar-refractivity contribution is 0.0947. The fraction of sp³-hybridized carbons (Fsp3) is 0.250. The molecule has 0 spiro atoms. The van der Waals surface area contributed by atoms with Crippen LogP contribution in [0.5, 0.6) is 0 Å². The first kappa shape index (κ1) is 17.4. The van der Waals surface area contributed by atoms with Crippen LogP contribution in [0.15, 0.2) is 46.9 Å². The van der Waals surface area contributed by atoms with Crippen LogP contribution in [0, 0.1) is 0 Å². The molecule has 0 saturated carbocycles. The van der Waals surface area contributed by atoms with Gasteiger partial charge in [0.05, 0.1) is 5.02 Å². The molecule has 1 amide bonds.